The van der Waals surface area contributed by atoms with E-state index < -0.39 is 16.3 Å². The minimum atomic E-state index is -3.35. The average molecular weight is 280 g/mol. The van der Waals surface area contributed by atoms with Gasteiger partial charge < -0.3 is 10.5 Å². The minimum Gasteiger partial charge on any atom is -0.351 e. The van der Waals surface area contributed by atoms with Gasteiger partial charge in [0.25, 0.3) is 0 Å². The second kappa shape index (κ2) is 8.82. The van der Waals surface area contributed by atoms with Crippen molar-refractivity contribution in [3.63, 3.8) is 0 Å². The molecule has 1 saturated heterocycles. The molecule has 1 fully saturated rings. The molecule has 0 bridgehead atoms. The number of nitrogens with two attached hydrogens (primary N) is 1. The Balaban J connectivity index is 2.10. The Morgan fingerprint density at radius 1 is 1.22 bits per heavy atom. The van der Waals surface area contributed by atoms with Crippen LogP contribution in [-0.2, 0) is 19.6 Å². The monoisotopic (exact) mass is 280 g/mol. The van der Waals surface area contributed by atoms with Gasteiger partial charge in [-0.25, -0.2) is 8.42 Å². The molecule has 1 unspecified atom stereocenters. The van der Waals surface area contributed by atoms with Crippen molar-refractivity contribution in [2.45, 2.75) is 51.2 Å². The van der Waals surface area contributed by atoms with E-state index in [-0.39, 0.29) is 5.75 Å². The molecule has 108 valence electrons. The summed E-state index contributed by atoms with van der Waals surface area (Å²) in [6.45, 7) is 1.29. The van der Waals surface area contributed by atoms with Gasteiger partial charge in [0.15, 0.2) is 6.29 Å². The molecular formula is C11H24N2O4S. The van der Waals surface area contributed by atoms with E-state index in [1.807, 2.05) is 0 Å². The fourth-order valence-electron chi connectivity index (χ4n) is 1.76. The number of ether oxygens (including phenoxy) is 1. The van der Waals surface area contributed by atoms with E-state index in [9.17, 15) is 8.42 Å². The van der Waals surface area contributed by atoms with E-state index in [1.165, 1.54) is 0 Å². The van der Waals surface area contributed by atoms with Crippen LogP contribution in [0.2, 0.25) is 0 Å². The Morgan fingerprint density at radius 3 is 2.67 bits per heavy atom. The summed E-state index contributed by atoms with van der Waals surface area (Å²) in [5, 5.41) is 0. The van der Waals surface area contributed by atoms with Crippen LogP contribution in [0.1, 0.15) is 44.9 Å². The van der Waals surface area contributed by atoms with E-state index in [4.69, 9.17) is 15.3 Å². The summed E-state index contributed by atoms with van der Waals surface area (Å²) in [5.41, 5.74) is 5.36. The van der Waals surface area contributed by atoms with Gasteiger partial charge in [0, 0.05) is 13.0 Å². The van der Waals surface area contributed by atoms with E-state index in [0.29, 0.717) is 19.6 Å². The zero-order valence-electron chi connectivity index (χ0n) is 10.8. The van der Waals surface area contributed by atoms with Crippen molar-refractivity contribution in [1.82, 2.24) is 4.89 Å². The van der Waals surface area contributed by atoms with Crippen LogP contribution < -0.4 is 10.6 Å². The van der Waals surface area contributed by atoms with Crippen LogP contribution in [0.3, 0.4) is 0 Å². The predicted octanol–water partition coefficient (Wildman–Crippen LogP) is 0.883. The topological polar surface area (TPSA) is 90.7 Å². The molecular weight excluding hydrogens is 256 g/mol. The smallest absolute Gasteiger partial charge is 0.233 e. The maximum atomic E-state index is 11.6. The van der Waals surface area contributed by atoms with Gasteiger partial charge in [0.1, 0.15) is 0 Å². The Kier molecular flexibility index (Phi) is 7.76. The number of hydrogen-bond acceptors (Lipinski definition) is 5. The van der Waals surface area contributed by atoms with Crippen molar-refractivity contribution in [3.05, 3.63) is 0 Å². The van der Waals surface area contributed by atoms with Crippen LogP contribution in [0.5, 0.6) is 0 Å². The highest BCUT2D eigenvalue weighted by molar-refractivity contribution is 7.89. The van der Waals surface area contributed by atoms with Crippen LogP contribution in [0, 0.1) is 0 Å². The van der Waals surface area contributed by atoms with Gasteiger partial charge in [-0.3, -0.25) is 4.84 Å². The lowest BCUT2D eigenvalue weighted by Crippen LogP contribution is -2.34. The first-order valence-electron chi connectivity index (χ1n) is 6.61. The molecule has 1 atom stereocenters. The maximum absolute atomic E-state index is 11.6. The SMILES string of the molecule is NCCCCCCS(=O)(=O)NOC1CCCCO1. The largest absolute Gasteiger partial charge is 0.351 e. The van der Waals surface area contributed by atoms with E-state index >= 15 is 0 Å². The molecule has 0 spiro atoms. The second-order valence-electron chi connectivity index (χ2n) is 4.52. The summed E-state index contributed by atoms with van der Waals surface area (Å²) in [5.74, 6) is 0.0876. The number of sulfonamides is 1. The standard InChI is InChI=1S/C11H24N2O4S/c12-8-4-1-2-6-10-18(14,15)13-17-11-7-3-5-9-16-11/h11,13H,1-10,12H2. The predicted molar refractivity (Wildman–Crippen MR) is 69.1 cm³/mol. The molecule has 6 nitrogen and oxygen atoms in total. The van der Waals surface area contributed by atoms with Crippen molar-refractivity contribution >= 4 is 10.0 Å². The fourth-order valence-corrected chi connectivity index (χ4v) is 2.68. The first-order chi connectivity index (χ1) is 8.64. The van der Waals surface area contributed by atoms with Crippen molar-refractivity contribution in [1.29, 1.82) is 0 Å². The molecule has 7 heteroatoms. The summed E-state index contributed by atoms with van der Waals surface area (Å²) in [4.78, 5) is 7.19. The molecule has 0 aromatic heterocycles. The summed E-state index contributed by atoms with van der Waals surface area (Å²) in [6.07, 6.45) is 5.73. The van der Waals surface area contributed by atoms with Gasteiger partial charge >= 0.3 is 0 Å². The Bertz CT molecular complexity index is 302. The lowest BCUT2D eigenvalue weighted by Gasteiger charge is -2.22. The molecule has 1 aliphatic heterocycles. The molecule has 1 heterocycles. The van der Waals surface area contributed by atoms with E-state index in [2.05, 4.69) is 4.89 Å². The van der Waals surface area contributed by atoms with Crippen LogP contribution in [-0.4, -0.2) is 33.6 Å². The van der Waals surface area contributed by atoms with Gasteiger partial charge in [0.2, 0.25) is 10.0 Å². The normalized spacial score (nSPS) is 21.1. The van der Waals surface area contributed by atoms with Gasteiger partial charge in [-0.05, 0) is 32.2 Å². The number of unbranched alkanes of at least 4 members (excludes halogenated alkanes) is 3. The van der Waals surface area contributed by atoms with Crippen molar-refractivity contribution in [2.24, 2.45) is 5.73 Å². The lowest BCUT2D eigenvalue weighted by atomic mass is 10.2. The lowest BCUT2D eigenvalue weighted by molar-refractivity contribution is -0.179. The molecule has 18 heavy (non-hydrogen) atoms. The number of nitrogens with one attached hydrogen (secondary N) is 1. The van der Waals surface area contributed by atoms with Crippen LogP contribution in [0.4, 0.5) is 0 Å². The van der Waals surface area contributed by atoms with Crippen molar-refractivity contribution in [3.8, 4) is 0 Å². The highest BCUT2D eigenvalue weighted by Crippen LogP contribution is 2.13. The Labute approximate surface area is 109 Å². The summed E-state index contributed by atoms with van der Waals surface area (Å²) in [7, 11) is -3.35. The van der Waals surface area contributed by atoms with E-state index in [0.717, 1.165) is 38.5 Å². The molecule has 0 radical (unpaired) electrons. The van der Waals surface area contributed by atoms with E-state index in [1.54, 1.807) is 0 Å². The second-order valence-corrected chi connectivity index (χ2v) is 6.32. The summed E-state index contributed by atoms with van der Waals surface area (Å²) >= 11 is 0. The van der Waals surface area contributed by atoms with Crippen molar-refractivity contribution in [2.75, 3.05) is 18.9 Å². The molecule has 0 amide bonds. The van der Waals surface area contributed by atoms with Crippen LogP contribution in [0.15, 0.2) is 0 Å². The minimum absolute atomic E-state index is 0.0876. The van der Waals surface area contributed by atoms with Crippen LogP contribution in [0.25, 0.3) is 0 Å². The zero-order chi connectivity index (χ0) is 13.3. The number of rotatable bonds is 9. The molecule has 0 aromatic carbocycles. The number of hydrogen-bond donors (Lipinski definition) is 2. The quantitative estimate of drug-likeness (QED) is 0.483. The Hall–Kier alpha value is -0.210. The fraction of sp³-hybridized carbons (Fsp3) is 1.00. The highest BCUT2D eigenvalue weighted by atomic mass is 32.2. The summed E-state index contributed by atoms with van der Waals surface area (Å²) in [6, 6.07) is 0. The van der Waals surface area contributed by atoms with Crippen LogP contribution >= 0.6 is 0 Å². The van der Waals surface area contributed by atoms with Crippen molar-refractivity contribution < 1.29 is 18.0 Å². The summed E-state index contributed by atoms with van der Waals surface area (Å²) < 4.78 is 28.4. The molecule has 0 aliphatic carbocycles. The van der Waals surface area contributed by atoms with Gasteiger partial charge in [-0.2, -0.15) is 0 Å². The molecule has 3 N–H and O–H groups in total. The highest BCUT2D eigenvalue weighted by Gasteiger charge is 2.18. The third kappa shape index (κ3) is 7.27. The molecule has 1 rings (SSSR count). The maximum Gasteiger partial charge on any atom is 0.233 e. The third-order valence-electron chi connectivity index (χ3n) is 2.81. The molecule has 1 aliphatic rings. The molecule has 0 aromatic rings. The molecule has 0 saturated carbocycles. The first kappa shape index (κ1) is 15.8. The van der Waals surface area contributed by atoms with Gasteiger partial charge in [-0.1, -0.05) is 17.7 Å². The van der Waals surface area contributed by atoms with Gasteiger partial charge in [-0.15, -0.1) is 0 Å². The average Bonchev–Trinajstić information content (AvgIpc) is 2.38. The Morgan fingerprint density at radius 2 is 2.00 bits per heavy atom. The zero-order valence-corrected chi connectivity index (χ0v) is 11.6. The first-order valence-corrected chi connectivity index (χ1v) is 8.26. The third-order valence-corrected chi connectivity index (χ3v) is 3.99. The van der Waals surface area contributed by atoms with Gasteiger partial charge in [0.05, 0.1) is 5.75 Å².